The fraction of sp³-hybridized carbons (Fsp3) is 0.562. The molecule has 2 N–H and O–H groups in total. The molecule has 20 heavy (non-hydrogen) atoms. The van der Waals surface area contributed by atoms with Crippen LogP contribution in [-0.2, 0) is 11.2 Å². The van der Waals surface area contributed by atoms with Crippen molar-refractivity contribution in [3.63, 3.8) is 0 Å². The topological polar surface area (TPSA) is 50.4 Å². The predicted octanol–water partition coefficient (Wildman–Crippen LogP) is 2.13. The van der Waals surface area contributed by atoms with Crippen molar-refractivity contribution in [1.29, 1.82) is 0 Å². The van der Waals surface area contributed by atoms with Gasteiger partial charge in [-0.05, 0) is 44.0 Å². The van der Waals surface area contributed by atoms with Crippen LogP contribution >= 0.6 is 0 Å². The van der Waals surface area contributed by atoms with Gasteiger partial charge in [-0.25, -0.2) is 0 Å². The third-order valence-electron chi connectivity index (χ3n) is 3.23. The molecule has 0 aliphatic heterocycles. The Morgan fingerprint density at radius 2 is 1.85 bits per heavy atom. The Morgan fingerprint density at radius 3 is 2.50 bits per heavy atom. The molecule has 1 aromatic carbocycles. The van der Waals surface area contributed by atoms with E-state index in [1.165, 1.54) is 5.56 Å². The summed E-state index contributed by atoms with van der Waals surface area (Å²) in [7, 11) is 3.56. The number of methoxy groups -OCH3 is 1. The van der Waals surface area contributed by atoms with Gasteiger partial charge in [0, 0.05) is 19.5 Å². The van der Waals surface area contributed by atoms with Crippen LogP contribution in [0.25, 0.3) is 0 Å². The van der Waals surface area contributed by atoms with E-state index in [-0.39, 0.29) is 5.91 Å². The molecule has 0 bridgehead atoms. The molecule has 1 amide bonds. The second kappa shape index (κ2) is 10.3. The summed E-state index contributed by atoms with van der Waals surface area (Å²) >= 11 is 0. The summed E-state index contributed by atoms with van der Waals surface area (Å²) in [5.41, 5.74) is 1.32. The minimum absolute atomic E-state index is 0.157. The number of hydrogen-bond donors (Lipinski definition) is 2. The summed E-state index contributed by atoms with van der Waals surface area (Å²) in [6, 6.07) is 8.18. The normalized spacial score (nSPS) is 10.3. The average Bonchev–Trinajstić information content (AvgIpc) is 2.48. The third kappa shape index (κ3) is 7.14. The van der Waals surface area contributed by atoms with Gasteiger partial charge < -0.3 is 15.4 Å². The average molecular weight is 278 g/mol. The van der Waals surface area contributed by atoms with Crippen LogP contribution in [0.15, 0.2) is 24.3 Å². The van der Waals surface area contributed by atoms with Gasteiger partial charge in [-0.2, -0.15) is 0 Å². The van der Waals surface area contributed by atoms with Crippen LogP contribution in [0.3, 0.4) is 0 Å². The lowest BCUT2D eigenvalue weighted by Crippen LogP contribution is -2.30. The number of carbonyl (C=O) groups excluding carboxylic acids is 1. The van der Waals surface area contributed by atoms with Crippen LogP contribution in [0.1, 0.15) is 31.2 Å². The number of aryl methyl sites for hydroxylation is 1. The van der Waals surface area contributed by atoms with Crippen molar-refractivity contribution in [2.75, 3.05) is 27.2 Å². The van der Waals surface area contributed by atoms with E-state index < -0.39 is 0 Å². The molecule has 0 atom stereocenters. The lowest BCUT2D eigenvalue weighted by molar-refractivity contribution is -0.121. The quantitative estimate of drug-likeness (QED) is 0.645. The Kier molecular flexibility index (Phi) is 8.47. The Balaban J connectivity index is 2.05. The number of carbonyl (C=O) groups is 1. The number of nitrogens with one attached hydrogen (secondary N) is 2. The minimum Gasteiger partial charge on any atom is -0.497 e. The Morgan fingerprint density at radius 1 is 1.10 bits per heavy atom. The summed E-state index contributed by atoms with van der Waals surface area (Å²) in [5.74, 6) is 1.05. The van der Waals surface area contributed by atoms with E-state index in [1.807, 2.05) is 19.2 Å². The van der Waals surface area contributed by atoms with E-state index in [1.54, 1.807) is 7.11 Å². The van der Waals surface area contributed by atoms with E-state index in [4.69, 9.17) is 4.74 Å². The molecule has 4 nitrogen and oxygen atoms in total. The molecule has 0 fully saturated rings. The molecular formula is C16H26N2O2. The highest BCUT2D eigenvalue weighted by atomic mass is 16.5. The molecule has 0 unspecified atom stereocenters. The standard InChI is InChI=1S/C16H26N2O2/c1-17-12-13-18-16(19)7-5-3-4-6-14-8-10-15(20-2)11-9-14/h8-11,17H,3-7,12-13H2,1-2H3,(H,18,19). The first-order chi connectivity index (χ1) is 9.76. The molecule has 0 saturated heterocycles. The van der Waals surface area contributed by atoms with Gasteiger partial charge in [0.05, 0.1) is 7.11 Å². The maximum absolute atomic E-state index is 11.5. The van der Waals surface area contributed by atoms with Crippen molar-refractivity contribution in [1.82, 2.24) is 10.6 Å². The summed E-state index contributed by atoms with van der Waals surface area (Å²) in [5, 5.41) is 5.89. The number of benzene rings is 1. The molecular weight excluding hydrogens is 252 g/mol. The zero-order chi connectivity index (χ0) is 14.6. The maximum atomic E-state index is 11.5. The van der Waals surface area contributed by atoms with E-state index in [9.17, 15) is 4.79 Å². The van der Waals surface area contributed by atoms with Crippen LogP contribution in [-0.4, -0.2) is 33.2 Å². The molecule has 0 aromatic heterocycles. The third-order valence-corrected chi connectivity index (χ3v) is 3.23. The Hall–Kier alpha value is -1.55. The number of likely N-dealkylation sites (N-methyl/N-ethyl adjacent to an activating group) is 1. The molecule has 0 radical (unpaired) electrons. The largest absolute Gasteiger partial charge is 0.497 e. The highest BCUT2D eigenvalue weighted by Gasteiger charge is 2.00. The Bertz CT molecular complexity index is 377. The smallest absolute Gasteiger partial charge is 0.220 e. The first-order valence-electron chi connectivity index (χ1n) is 7.30. The summed E-state index contributed by atoms with van der Waals surface area (Å²) in [4.78, 5) is 11.5. The molecule has 0 saturated carbocycles. The summed E-state index contributed by atoms with van der Waals surface area (Å²) < 4.78 is 5.13. The number of hydrogen-bond acceptors (Lipinski definition) is 3. The Labute approximate surface area is 121 Å². The lowest BCUT2D eigenvalue weighted by atomic mass is 10.1. The van der Waals surface area contributed by atoms with Gasteiger partial charge >= 0.3 is 0 Å². The monoisotopic (exact) mass is 278 g/mol. The van der Waals surface area contributed by atoms with Gasteiger partial charge in [0.15, 0.2) is 0 Å². The second-order valence-electron chi connectivity index (χ2n) is 4.86. The summed E-state index contributed by atoms with van der Waals surface area (Å²) in [6.07, 6.45) is 4.86. The van der Waals surface area contributed by atoms with Gasteiger partial charge in [-0.1, -0.05) is 18.6 Å². The van der Waals surface area contributed by atoms with Gasteiger partial charge in [0.2, 0.25) is 5.91 Å². The van der Waals surface area contributed by atoms with Crippen molar-refractivity contribution >= 4 is 5.91 Å². The van der Waals surface area contributed by atoms with Gasteiger partial charge in [0.25, 0.3) is 0 Å². The maximum Gasteiger partial charge on any atom is 0.220 e. The van der Waals surface area contributed by atoms with Crippen LogP contribution in [0, 0.1) is 0 Å². The van der Waals surface area contributed by atoms with E-state index in [2.05, 4.69) is 22.8 Å². The van der Waals surface area contributed by atoms with E-state index in [0.29, 0.717) is 13.0 Å². The number of unbranched alkanes of at least 4 members (excludes halogenated alkanes) is 2. The first-order valence-corrected chi connectivity index (χ1v) is 7.30. The van der Waals surface area contributed by atoms with Crippen LogP contribution in [0.5, 0.6) is 5.75 Å². The fourth-order valence-corrected chi connectivity index (χ4v) is 2.00. The molecule has 112 valence electrons. The second-order valence-corrected chi connectivity index (χ2v) is 4.86. The molecule has 0 spiro atoms. The fourth-order valence-electron chi connectivity index (χ4n) is 2.00. The van der Waals surface area contributed by atoms with E-state index in [0.717, 1.165) is 38.0 Å². The molecule has 0 aliphatic carbocycles. The van der Waals surface area contributed by atoms with Crippen molar-refractivity contribution in [3.05, 3.63) is 29.8 Å². The molecule has 4 heteroatoms. The molecule has 0 heterocycles. The zero-order valence-electron chi connectivity index (χ0n) is 12.6. The number of rotatable bonds is 10. The predicted molar refractivity (Wildman–Crippen MR) is 82.1 cm³/mol. The van der Waals surface area contributed by atoms with Crippen LogP contribution < -0.4 is 15.4 Å². The van der Waals surface area contributed by atoms with Crippen molar-refractivity contribution in [2.24, 2.45) is 0 Å². The lowest BCUT2D eigenvalue weighted by Gasteiger charge is -2.05. The van der Waals surface area contributed by atoms with Crippen molar-refractivity contribution < 1.29 is 9.53 Å². The summed E-state index contributed by atoms with van der Waals surface area (Å²) in [6.45, 7) is 1.53. The molecule has 1 rings (SSSR count). The zero-order valence-corrected chi connectivity index (χ0v) is 12.6. The highest BCUT2D eigenvalue weighted by Crippen LogP contribution is 2.13. The highest BCUT2D eigenvalue weighted by molar-refractivity contribution is 5.75. The van der Waals surface area contributed by atoms with Crippen LogP contribution in [0.2, 0.25) is 0 Å². The van der Waals surface area contributed by atoms with Gasteiger partial charge in [-0.15, -0.1) is 0 Å². The number of amides is 1. The van der Waals surface area contributed by atoms with E-state index >= 15 is 0 Å². The first kappa shape index (κ1) is 16.5. The van der Waals surface area contributed by atoms with Gasteiger partial charge in [0.1, 0.15) is 5.75 Å². The number of ether oxygens (including phenoxy) is 1. The molecule has 1 aromatic rings. The van der Waals surface area contributed by atoms with Crippen LogP contribution in [0.4, 0.5) is 0 Å². The minimum atomic E-state index is 0.157. The molecule has 0 aliphatic rings. The SMILES string of the molecule is CNCCNC(=O)CCCCCc1ccc(OC)cc1. The van der Waals surface area contributed by atoms with Crippen molar-refractivity contribution in [2.45, 2.75) is 32.1 Å². The van der Waals surface area contributed by atoms with Gasteiger partial charge in [-0.3, -0.25) is 4.79 Å². The van der Waals surface area contributed by atoms with Crippen molar-refractivity contribution in [3.8, 4) is 5.75 Å².